The van der Waals surface area contributed by atoms with Gasteiger partial charge in [-0.25, -0.2) is 4.79 Å². The SMILES string of the molecule is Cc1noc(CCNC(=O)N[C@@H](C)c2cccc(OC(C)C)c2)n1. The van der Waals surface area contributed by atoms with Crippen molar-refractivity contribution in [3.8, 4) is 5.75 Å². The number of ether oxygens (including phenoxy) is 1. The Morgan fingerprint density at radius 3 is 2.79 bits per heavy atom. The maximum Gasteiger partial charge on any atom is 0.315 e. The van der Waals surface area contributed by atoms with Crippen molar-refractivity contribution in [2.75, 3.05) is 6.54 Å². The first kappa shape index (κ1) is 17.8. The summed E-state index contributed by atoms with van der Waals surface area (Å²) in [4.78, 5) is 16.1. The molecule has 7 heteroatoms. The quantitative estimate of drug-likeness (QED) is 0.814. The molecular formula is C17H24N4O3. The standard InChI is InChI=1S/C17H24N4O3/c1-11(2)23-15-7-5-6-14(10-15)12(3)19-17(22)18-9-8-16-20-13(4)21-24-16/h5-7,10-12H,8-9H2,1-4H3,(H2,18,19,22)/t12-/m0/s1. The minimum absolute atomic E-state index is 0.111. The number of carbonyl (C=O) groups excluding carboxylic acids is 1. The fraction of sp³-hybridized carbons (Fsp3) is 0.471. The van der Waals surface area contributed by atoms with Gasteiger partial charge in [-0.2, -0.15) is 4.98 Å². The Kier molecular flexibility index (Phi) is 6.17. The number of urea groups is 1. The molecule has 1 aromatic heterocycles. The van der Waals surface area contributed by atoms with E-state index in [-0.39, 0.29) is 18.2 Å². The van der Waals surface area contributed by atoms with Crippen LogP contribution in [0.4, 0.5) is 4.79 Å². The molecule has 0 aliphatic carbocycles. The maximum absolute atomic E-state index is 12.0. The summed E-state index contributed by atoms with van der Waals surface area (Å²) in [6, 6.07) is 7.34. The number of nitrogens with zero attached hydrogens (tertiary/aromatic N) is 2. The van der Waals surface area contributed by atoms with Crippen LogP contribution in [0.5, 0.6) is 5.75 Å². The highest BCUT2D eigenvalue weighted by Gasteiger charge is 2.11. The molecule has 0 radical (unpaired) electrons. The summed E-state index contributed by atoms with van der Waals surface area (Å²) in [6.45, 7) is 8.07. The fourth-order valence-corrected chi connectivity index (χ4v) is 2.18. The van der Waals surface area contributed by atoms with Gasteiger partial charge < -0.3 is 19.9 Å². The van der Waals surface area contributed by atoms with Crippen molar-refractivity contribution in [1.82, 2.24) is 20.8 Å². The summed E-state index contributed by atoms with van der Waals surface area (Å²) in [5.74, 6) is 1.90. The molecule has 0 spiro atoms. The normalized spacial score (nSPS) is 12.0. The Morgan fingerprint density at radius 1 is 1.33 bits per heavy atom. The van der Waals surface area contributed by atoms with Crippen LogP contribution in [0.15, 0.2) is 28.8 Å². The van der Waals surface area contributed by atoms with Gasteiger partial charge in [-0.15, -0.1) is 0 Å². The van der Waals surface area contributed by atoms with E-state index in [2.05, 4.69) is 20.8 Å². The van der Waals surface area contributed by atoms with E-state index in [0.29, 0.717) is 24.7 Å². The van der Waals surface area contributed by atoms with Crippen molar-refractivity contribution in [1.29, 1.82) is 0 Å². The van der Waals surface area contributed by atoms with Crippen LogP contribution >= 0.6 is 0 Å². The van der Waals surface area contributed by atoms with Crippen molar-refractivity contribution < 1.29 is 14.1 Å². The molecule has 2 amide bonds. The number of hydrogen-bond acceptors (Lipinski definition) is 5. The molecule has 0 saturated heterocycles. The Bertz CT molecular complexity index is 669. The van der Waals surface area contributed by atoms with Gasteiger partial charge in [0.05, 0.1) is 12.1 Å². The number of hydrogen-bond donors (Lipinski definition) is 2. The minimum atomic E-state index is -0.242. The molecule has 130 valence electrons. The molecule has 0 fully saturated rings. The van der Waals surface area contributed by atoms with Crippen molar-refractivity contribution in [3.63, 3.8) is 0 Å². The highest BCUT2D eigenvalue weighted by molar-refractivity contribution is 5.74. The van der Waals surface area contributed by atoms with Gasteiger partial charge in [0.1, 0.15) is 5.75 Å². The van der Waals surface area contributed by atoms with Crippen molar-refractivity contribution in [2.24, 2.45) is 0 Å². The fourth-order valence-electron chi connectivity index (χ4n) is 2.18. The molecule has 1 heterocycles. The zero-order valence-corrected chi connectivity index (χ0v) is 14.5. The number of aryl methyl sites for hydroxylation is 1. The molecule has 0 aliphatic heterocycles. The first-order chi connectivity index (χ1) is 11.4. The Balaban J connectivity index is 1.80. The van der Waals surface area contributed by atoms with Gasteiger partial charge >= 0.3 is 6.03 Å². The van der Waals surface area contributed by atoms with E-state index in [1.807, 2.05) is 45.0 Å². The monoisotopic (exact) mass is 332 g/mol. The zero-order chi connectivity index (χ0) is 17.5. The van der Waals surface area contributed by atoms with Gasteiger partial charge in [0.15, 0.2) is 5.82 Å². The van der Waals surface area contributed by atoms with E-state index in [0.717, 1.165) is 11.3 Å². The van der Waals surface area contributed by atoms with E-state index in [4.69, 9.17) is 9.26 Å². The number of carbonyl (C=O) groups is 1. The van der Waals surface area contributed by atoms with Crippen LogP contribution < -0.4 is 15.4 Å². The van der Waals surface area contributed by atoms with Crippen LogP contribution in [0.1, 0.15) is 44.1 Å². The first-order valence-corrected chi connectivity index (χ1v) is 8.04. The van der Waals surface area contributed by atoms with Gasteiger partial charge in [-0.05, 0) is 45.4 Å². The molecule has 2 N–H and O–H groups in total. The Morgan fingerprint density at radius 2 is 2.12 bits per heavy atom. The number of rotatable bonds is 7. The average molecular weight is 332 g/mol. The molecule has 2 aromatic rings. The molecule has 0 unspecified atom stereocenters. The molecule has 0 saturated carbocycles. The van der Waals surface area contributed by atoms with E-state index in [1.54, 1.807) is 6.92 Å². The molecule has 7 nitrogen and oxygen atoms in total. The number of amides is 2. The lowest BCUT2D eigenvalue weighted by Crippen LogP contribution is -2.38. The van der Waals surface area contributed by atoms with E-state index in [1.165, 1.54) is 0 Å². The first-order valence-electron chi connectivity index (χ1n) is 8.04. The maximum atomic E-state index is 12.0. The van der Waals surface area contributed by atoms with Gasteiger partial charge in [-0.3, -0.25) is 0 Å². The highest BCUT2D eigenvalue weighted by Crippen LogP contribution is 2.19. The van der Waals surface area contributed by atoms with Crippen LogP contribution in [0.2, 0.25) is 0 Å². The van der Waals surface area contributed by atoms with Crippen LogP contribution in [0.25, 0.3) is 0 Å². The summed E-state index contributed by atoms with van der Waals surface area (Å²) in [5, 5.41) is 9.38. The number of benzene rings is 1. The highest BCUT2D eigenvalue weighted by atomic mass is 16.5. The molecule has 0 bridgehead atoms. The summed E-state index contributed by atoms with van der Waals surface area (Å²) in [7, 11) is 0. The van der Waals surface area contributed by atoms with Gasteiger partial charge in [-0.1, -0.05) is 17.3 Å². The van der Waals surface area contributed by atoms with Crippen LogP contribution in [-0.4, -0.2) is 28.8 Å². The lowest BCUT2D eigenvalue weighted by molar-refractivity contribution is 0.236. The average Bonchev–Trinajstić information content (AvgIpc) is 2.92. The summed E-state index contributed by atoms with van der Waals surface area (Å²) < 4.78 is 10.7. The molecule has 1 aromatic carbocycles. The third kappa shape index (κ3) is 5.57. The number of aromatic nitrogens is 2. The van der Waals surface area contributed by atoms with E-state index >= 15 is 0 Å². The van der Waals surface area contributed by atoms with Crippen LogP contribution in [0.3, 0.4) is 0 Å². The van der Waals surface area contributed by atoms with Gasteiger partial charge in [0.2, 0.25) is 5.89 Å². The van der Waals surface area contributed by atoms with E-state index < -0.39 is 0 Å². The lowest BCUT2D eigenvalue weighted by Gasteiger charge is -2.17. The predicted molar refractivity (Wildman–Crippen MR) is 89.9 cm³/mol. The van der Waals surface area contributed by atoms with Crippen molar-refractivity contribution in [3.05, 3.63) is 41.5 Å². The second kappa shape index (κ2) is 8.33. The molecule has 24 heavy (non-hydrogen) atoms. The third-order valence-corrected chi connectivity index (χ3v) is 3.27. The predicted octanol–water partition coefficient (Wildman–Crippen LogP) is 2.77. The smallest absolute Gasteiger partial charge is 0.315 e. The minimum Gasteiger partial charge on any atom is -0.491 e. The summed E-state index contributed by atoms with van der Waals surface area (Å²) in [6.07, 6.45) is 0.612. The topological polar surface area (TPSA) is 89.3 Å². The second-order valence-corrected chi connectivity index (χ2v) is 5.85. The van der Waals surface area contributed by atoms with Gasteiger partial charge in [0, 0.05) is 13.0 Å². The Hall–Kier alpha value is -2.57. The second-order valence-electron chi connectivity index (χ2n) is 5.85. The molecule has 0 aliphatic rings. The van der Waals surface area contributed by atoms with Crippen LogP contribution in [0, 0.1) is 6.92 Å². The summed E-state index contributed by atoms with van der Waals surface area (Å²) >= 11 is 0. The van der Waals surface area contributed by atoms with Crippen molar-refractivity contribution in [2.45, 2.75) is 46.3 Å². The third-order valence-electron chi connectivity index (χ3n) is 3.27. The Labute approximate surface area is 141 Å². The number of nitrogens with one attached hydrogen (secondary N) is 2. The summed E-state index contributed by atoms with van der Waals surface area (Å²) in [5.41, 5.74) is 0.982. The molecule has 1 atom stereocenters. The zero-order valence-electron chi connectivity index (χ0n) is 14.5. The van der Waals surface area contributed by atoms with Gasteiger partial charge in [0.25, 0.3) is 0 Å². The molecule has 2 rings (SSSR count). The van der Waals surface area contributed by atoms with Crippen molar-refractivity contribution >= 4 is 6.03 Å². The van der Waals surface area contributed by atoms with Crippen LogP contribution in [-0.2, 0) is 6.42 Å². The van der Waals surface area contributed by atoms with E-state index in [9.17, 15) is 4.79 Å². The largest absolute Gasteiger partial charge is 0.491 e. The molecular weight excluding hydrogens is 308 g/mol. The lowest BCUT2D eigenvalue weighted by atomic mass is 10.1.